The van der Waals surface area contributed by atoms with Crippen LogP contribution >= 0.6 is 11.8 Å². The summed E-state index contributed by atoms with van der Waals surface area (Å²) in [4.78, 5) is 0. The van der Waals surface area contributed by atoms with Crippen molar-refractivity contribution in [3.63, 3.8) is 0 Å². The standard InChI is InChI=1S/C9H17NS/c1-11-7-6-8(2-3-8)9(10)4-5-9/h2-7,10H2,1H3. The average Bonchev–Trinajstić information content (AvgIpc) is 2.81. The van der Waals surface area contributed by atoms with Crippen LogP contribution in [0.5, 0.6) is 0 Å². The van der Waals surface area contributed by atoms with E-state index < -0.39 is 0 Å². The van der Waals surface area contributed by atoms with Crippen molar-refractivity contribution in [2.75, 3.05) is 12.0 Å². The number of nitrogens with two attached hydrogens (primary N) is 1. The van der Waals surface area contributed by atoms with E-state index in [1.807, 2.05) is 11.8 Å². The van der Waals surface area contributed by atoms with Gasteiger partial charge in [-0.2, -0.15) is 11.8 Å². The summed E-state index contributed by atoms with van der Waals surface area (Å²) in [7, 11) is 0. The second-order valence-corrected chi connectivity index (χ2v) is 5.16. The lowest BCUT2D eigenvalue weighted by Crippen LogP contribution is -2.34. The summed E-state index contributed by atoms with van der Waals surface area (Å²) in [5, 5.41) is 0. The van der Waals surface area contributed by atoms with Crippen LogP contribution in [0.3, 0.4) is 0 Å². The van der Waals surface area contributed by atoms with Gasteiger partial charge in [0.1, 0.15) is 0 Å². The highest BCUT2D eigenvalue weighted by atomic mass is 32.2. The van der Waals surface area contributed by atoms with Crippen molar-refractivity contribution >= 4 is 11.8 Å². The van der Waals surface area contributed by atoms with Gasteiger partial charge in [-0.15, -0.1) is 0 Å². The highest BCUT2D eigenvalue weighted by Crippen LogP contribution is 2.64. The Morgan fingerprint density at radius 1 is 1.27 bits per heavy atom. The van der Waals surface area contributed by atoms with Crippen LogP contribution in [-0.4, -0.2) is 17.5 Å². The molecule has 0 aromatic rings. The normalized spacial score (nSPS) is 30.0. The summed E-state index contributed by atoms with van der Waals surface area (Å²) in [6.45, 7) is 0. The van der Waals surface area contributed by atoms with E-state index in [4.69, 9.17) is 5.73 Å². The summed E-state index contributed by atoms with van der Waals surface area (Å²) < 4.78 is 0. The summed E-state index contributed by atoms with van der Waals surface area (Å²) in [5.74, 6) is 1.30. The molecule has 2 fully saturated rings. The van der Waals surface area contributed by atoms with Crippen molar-refractivity contribution in [2.24, 2.45) is 11.1 Å². The zero-order chi connectivity index (χ0) is 7.95. The highest BCUT2D eigenvalue weighted by molar-refractivity contribution is 7.98. The Balaban J connectivity index is 1.89. The fourth-order valence-electron chi connectivity index (χ4n) is 2.11. The molecule has 0 atom stereocenters. The van der Waals surface area contributed by atoms with Gasteiger partial charge >= 0.3 is 0 Å². The minimum Gasteiger partial charge on any atom is -0.325 e. The fraction of sp³-hybridized carbons (Fsp3) is 1.00. The van der Waals surface area contributed by atoms with E-state index in [1.54, 1.807) is 0 Å². The van der Waals surface area contributed by atoms with Crippen LogP contribution in [0.1, 0.15) is 32.1 Å². The van der Waals surface area contributed by atoms with Gasteiger partial charge in [-0.05, 0) is 49.5 Å². The van der Waals surface area contributed by atoms with E-state index in [1.165, 1.54) is 37.9 Å². The van der Waals surface area contributed by atoms with Gasteiger partial charge in [0.2, 0.25) is 0 Å². The molecule has 11 heavy (non-hydrogen) atoms. The molecule has 0 aromatic carbocycles. The molecule has 0 amide bonds. The number of hydrogen-bond acceptors (Lipinski definition) is 2. The van der Waals surface area contributed by atoms with Crippen molar-refractivity contribution in [1.82, 2.24) is 0 Å². The van der Waals surface area contributed by atoms with Crippen molar-refractivity contribution in [3.8, 4) is 0 Å². The molecule has 1 nitrogen and oxygen atoms in total. The molecule has 2 rings (SSSR count). The first-order chi connectivity index (χ1) is 5.22. The molecule has 0 saturated heterocycles. The van der Waals surface area contributed by atoms with E-state index in [0.717, 1.165) is 0 Å². The van der Waals surface area contributed by atoms with Crippen LogP contribution in [0.4, 0.5) is 0 Å². The smallest absolute Gasteiger partial charge is 0.0213 e. The van der Waals surface area contributed by atoms with Crippen LogP contribution in [-0.2, 0) is 0 Å². The third-order valence-electron chi connectivity index (χ3n) is 3.48. The predicted octanol–water partition coefficient (Wildman–Crippen LogP) is 2.01. The molecule has 2 saturated carbocycles. The van der Waals surface area contributed by atoms with Gasteiger partial charge in [-0.3, -0.25) is 0 Å². The zero-order valence-electron chi connectivity index (χ0n) is 7.23. The summed E-state index contributed by atoms with van der Waals surface area (Å²) in [6.07, 6.45) is 8.95. The third kappa shape index (κ3) is 1.20. The monoisotopic (exact) mass is 171 g/mol. The molecule has 2 heteroatoms. The zero-order valence-corrected chi connectivity index (χ0v) is 8.04. The van der Waals surface area contributed by atoms with E-state index in [-0.39, 0.29) is 0 Å². The van der Waals surface area contributed by atoms with Crippen LogP contribution in [0.25, 0.3) is 0 Å². The first-order valence-electron chi connectivity index (χ1n) is 4.50. The van der Waals surface area contributed by atoms with Crippen molar-refractivity contribution in [2.45, 2.75) is 37.6 Å². The Kier molecular flexibility index (Phi) is 1.73. The lowest BCUT2D eigenvalue weighted by atomic mass is 9.92. The Labute approximate surface area is 73.1 Å². The summed E-state index contributed by atoms with van der Waals surface area (Å²) in [5.41, 5.74) is 7.12. The lowest BCUT2D eigenvalue weighted by Gasteiger charge is -2.21. The van der Waals surface area contributed by atoms with Crippen LogP contribution in [0, 0.1) is 5.41 Å². The molecule has 0 aromatic heterocycles. The molecule has 0 unspecified atom stereocenters. The van der Waals surface area contributed by atoms with Crippen molar-refractivity contribution in [3.05, 3.63) is 0 Å². The SMILES string of the molecule is CSCCC1(C2(N)CC2)CC1. The second-order valence-electron chi connectivity index (χ2n) is 4.18. The van der Waals surface area contributed by atoms with Gasteiger partial charge in [0.05, 0.1) is 0 Å². The number of thioether (sulfide) groups is 1. The molecule has 0 bridgehead atoms. The first kappa shape index (κ1) is 7.93. The van der Waals surface area contributed by atoms with E-state index in [2.05, 4.69) is 6.26 Å². The fourth-order valence-corrected chi connectivity index (χ4v) is 2.71. The highest BCUT2D eigenvalue weighted by Gasteiger charge is 2.62. The summed E-state index contributed by atoms with van der Waals surface area (Å²) in [6, 6.07) is 0. The quantitative estimate of drug-likeness (QED) is 0.700. The molecule has 0 heterocycles. The molecular formula is C9H17NS. The van der Waals surface area contributed by atoms with Crippen LogP contribution in [0.2, 0.25) is 0 Å². The van der Waals surface area contributed by atoms with E-state index in [0.29, 0.717) is 11.0 Å². The minimum absolute atomic E-state index is 0.294. The van der Waals surface area contributed by atoms with E-state index >= 15 is 0 Å². The van der Waals surface area contributed by atoms with Crippen LogP contribution < -0.4 is 5.73 Å². The molecule has 2 N–H and O–H groups in total. The molecule has 0 radical (unpaired) electrons. The van der Waals surface area contributed by atoms with Crippen LogP contribution in [0.15, 0.2) is 0 Å². The van der Waals surface area contributed by atoms with Gasteiger partial charge in [0.15, 0.2) is 0 Å². The second kappa shape index (κ2) is 2.40. The minimum atomic E-state index is 0.294. The molecule has 64 valence electrons. The molecule has 0 aliphatic heterocycles. The van der Waals surface area contributed by atoms with Crippen molar-refractivity contribution in [1.29, 1.82) is 0 Å². The maximum absolute atomic E-state index is 6.22. The predicted molar refractivity (Wildman–Crippen MR) is 50.8 cm³/mol. The van der Waals surface area contributed by atoms with Gasteiger partial charge < -0.3 is 5.73 Å². The van der Waals surface area contributed by atoms with E-state index in [9.17, 15) is 0 Å². The van der Waals surface area contributed by atoms with Gasteiger partial charge in [-0.1, -0.05) is 0 Å². The first-order valence-corrected chi connectivity index (χ1v) is 5.90. The number of rotatable bonds is 4. The average molecular weight is 171 g/mol. The topological polar surface area (TPSA) is 26.0 Å². The molecule has 2 aliphatic rings. The van der Waals surface area contributed by atoms with Crippen molar-refractivity contribution < 1.29 is 0 Å². The molecule has 0 spiro atoms. The largest absolute Gasteiger partial charge is 0.325 e. The maximum Gasteiger partial charge on any atom is 0.0213 e. The third-order valence-corrected chi connectivity index (χ3v) is 4.10. The number of hydrogen-bond donors (Lipinski definition) is 1. The lowest BCUT2D eigenvalue weighted by molar-refractivity contribution is 0.369. The maximum atomic E-state index is 6.22. The van der Waals surface area contributed by atoms with Gasteiger partial charge in [0.25, 0.3) is 0 Å². The Morgan fingerprint density at radius 2 is 1.91 bits per heavy atom. The molecule has 2 aliphatic carbocycles. The molecular weight excluding hydrogens is 154 g/mol. The van der Waals surface area contributed by atoms with Gasteiger partial charge in [-0.25, -0.2) is 0 Å². The Hall–Kier alpha value is 0.310. The Morgan fingerprint density at radius 3 is 2.27 bits per heavy atom. The summed E-state index contributed by atoms with van der Waals surface area (Å²) >= 11 is 1.96. The Bertz CT molecular complexity index is 159. The van der Waals surface area contributed by atoms with Gasteiger partial charge in [0, 0.05) is 5.54 Å².